The SMILES string of the molecule is CC(=O)c1ccc(C(F)(F)F)c(F)c1F.CC1CCC(C)CC1.Cc1nc(N(C)C)c2ccccc2n1. The zero-order chi connectivity index (χ0) is 27.9. The van der Waals surface area contributed by atoms with Crippen LogP contribution in [-0.2, 0) is 6.18 Å². The Morgan fingerprint density at radius 1 is 0.892 bits per heavy atom. The van der Waals surface area contributed by atoms with E-state index in [1.807, 2.05) is 50.2 Å². The molecule has 0 saturated heterocycles. The van der Waals surface area contributed by atoms with Crippen molar-refractivity contribution in [2.75, 3.05) is 19.0 Å². The normalized spacial score (nSPS) is 17.3. The van der Waals surface area contributed by atoms with E-state index in [2.05, 4.69) is 23.8 Å². The third kappa shape index (κ3) is 8.47. The van der Waals surface area contributed by atoms with Gasteiger partial charge in [0.25, 0.3) is 0 Å². The van der Waals surface area contributed by atoms with Crippen molar-refractivity contribution in [3.05, 3.63) is 65.0 Å². The van der Waals surface area contributed by atoms with Gasteiger partial charge in [-0.05, 0) is 49.9 Å². The fourth-order valence-electron chi connectivity index (χ4n) is 3.98. The Morgan fingerprint density at radius 2 is 1.43 bits per heavy atom. The van der Waals surface area contributed by atoms with Gasteiger partial charge in [0.2, 0.25) is 0 Å². The molecule has 1 aliphatic carbocycles. The molecule has 0 spiro atoms. The number of rotatable bonds is 2. The van der Waals surface area contributed by atoms with Gasteiger partial charge in [0.1, 0.15) is 11.6 Å². The number of nitrogens with zero attached hydrogens (tertiary/aromatic N) is 3. The highest BCUT2D eigenvalue weighted by Gasteiger charge is 2.36. The van der Waals surface area contributed by atoms with Crippen molar-refractivity contribution in [3.63, 3.8) is 0 Å². The first-order valence-corrected chi connectivity index (χ1v) is 12.2. The van der Waals surface area contributed by atoms with E-state index in [9.17, 15) is 26.7 Å². The second-order valence-electron chi connectivity index (χ2n) is 9.71. The lowest BCUT2D eigenvalue weighted by Gasteiger charge is -2.22. The first kappa shape index (κ1) is 30.1. The molecule has 1 fully saturated rings. The van der Waals surface area contributed by atoms with Crippen molar-refractivity contribution in [2.24, 2.45) is 11.8 Å². The molecule has 37 heavy (non-hydrogen) atoms. The van der Waals surface area contributed by atoms with E-state index in [1.165, 1.54) is 25.7 Å². The Hall–Kier alpha value is -3.10. The Kier molecular flexibility index (Phi) is 10.5. The fourth-order valence-corrected chi connectivity index (χ4v) is 3.98. The lowest BCUT2D eigenvalue weighted by atomic mass is 9.84. The van der Waals surface area contributed by atoms with Gasteiger partial charge < -0.3 is 4.90 Å². The molecule has 1 aliphatic rings. The maximum absolute atomic E-state index is 12.9. The summed E-state index contributed by atoms with van der Waals surface area (Å²) in [7, 11) is 3.99. The van der Waals surface area contributed by atoms with Gasteiger partial charge in [-0.25, -0.2) is 18.7 Å². The van der Waals surface area contributed by atoms with Gasteiger partial charge in [-0.15, -0.1) is 0 Å². The van der Waals surface area contributed by atoms with Crippen LogP contribution in [0.5, 0.6) is 0 Å². The van der Waals surface area contributed by atoms with Gasteiger partial charge in [0, 0.05) is 19.5 Å². The Bertz CT molecular complexity index is 1190. The van der Waals surface area contributed by atoms with Crippen molar-refractivity contribution in [3.8, 4) is 0 Å². The third-order valence-corrected chi connectivity index (χ3v) is 6.19. The summed E-state index contributed by atoms with van der Waals surface area (Å²) in [4.78, 5) is 21.5. The number of para-hydroxylation sites is 1. The van der Waals surface area contributed by atoms with E-state index in [0.717, 1.165) is 41.3 Å². The van der Waals surface area contributed by atoms with E-state index in [1.54, 1.807) is 0 Å². The van der Waals surface area contributed by atoms with Crippen LogP contribution < -0.4 is 4.90 Å². The number of halogens is 5. The third-order valence-electron chi connectivity index (χ3n) is 6.19. The monoisotopic (exact) mass is 523 g/mol. The van der Waals surface area contributed by atoms with Gasteiger partial charge in [-0.1, -0.05) is 51.7 Å². The maximum Gasteiger partial charge on any atom is 0.419 e. The molecule has 0 atom stereocenters. The molecule has 0 aliphatic heterocycles. The first-order valence-electron chi connectivity index (χ1n) is 12.2. The standard InChI is InChI=1S/C11H13N3.C9H5F5O.C8H16/c1-8-12-10-7-5-4-6-9(10)11(13-8)14(2)3;1-4(15)5-2-3-6(9(12,13)14)8(11)7(5)10;1-7-3-5-8(2)6-4-7/h4-7H,1-3H3;2-3H,1H3;7-8H,3-6H2,1-2H3. The highest BCUT2D eigenvalue weighted by atomic mass is 19.4. The van der Waals surface area contributed by atoms with E-state index in [0.29, 0.717) is 12.1 Å². The van der Waals surface area contributed by atoms with E-state index in [4.69, 9.17) is 0 Å². The molecule has 9 heteroatoms. The molecule has 0 radical (unpaired) electrons. The van der Waals surface area contributed by atoms with Crippen LogP contribution in [0.4, 0.5) is 27.8 Å². The molecular weight excluding hydrogens is 489 g/mol. The van der Waals surface area contributed by atoms with Gasteiger partial charge >= 0.3 is 6.18 Å². The quantitative estimate of drug-likeness (QED) is 0.252. The van der Waals surface area contributed by atoms with Gasteiger partial charge in [0.15, 0.2) is 17.4 Å². The number of fused-ring (bicyclic) bond motifs is 1. The topological polar surface area (TPSA) is 46.1 Å². The number of hydrogen-bond acceptors (Lipinski definition) is 4. The number of benzene rings is 2. The first-order chi connectivity index (χ1) is 17.2. The lowest BCUT2D eigenvalue weighted by molar-refractivity contribution is -0.140. The maximum atomic E-state index is 12.9. The van der Waals surface area contributed by atoms with Crippen LogP contribution in [0, 0.1) is 30.4 Å². The molecule has 202 valence electrons. The molecular formula is C28H34F5N3O. The number of aryl methyl sites for hydroxylation is 1. The minimum absolute atomic E-state index is 0.342. The number of alkyl halides is 3. The van der Waals surface area contributed by atoms with E-state index < -0.39 is 34.7 Å². The number of ketones is 1. The fraction of sp³-hybridized carbons (Fsp3) is 0.464. The van der Waals surface area contributed by atoms with Crippen LogP contribution in [0.15, 0.2) is 36.4 Å². The summed E-state index contributed by atoms with van der Waals surface area (Å²) < 4.78 is 62.0. The summed E-state index contributed by atoms with van der Waals surface area (Å²) in [5.74, 6) is -0.814. The molecule has 4 nitrogen and oxygen atoms in total. The molecule has 0 bridgehead atoms. The second kappa shape index (κ2) is 12.9. The van der Waals surface area contributed by atoms with Gasteiger partial charge in [0.05, 0.1) is 16.6 Å². The van der Waals surface area contributed by atoms with Crippen LogP contribution in [0.1, 0.15) is 68.2 Å². The zero-order valence-electron chi connectivity index (χ0n) is 22.1. The van der Waals surface area contributed by atoms with Crippen LogP contribution in [0.3, 0.4) is 0 Å². The number of carbonyl (C=O) groups excluding carboxylic acids is 1. The molecule has 1 saturated carbocycles. The summed E-state index contributed by atoms with van der Waals surface area (Å²) in [5.41, 5.74) is -1.41. The summed E-state index contributed by atoms with van der Waals surface area (Å²) in [6.45, 7) is 7.59. The molecule has 1 heterocycles. The van der Waals surface area contributed by atoms with Crippen molar-refractivity contribution >= 4 is 22.5 Å². The van der Waals surface area contributed by atoms with Crippen molar-refractivity contribution in [2.45, 2.75) is 59.6 Å². The second-order valence-corrected chi connectivity index (χ2v) is 9.71. The van der Waals surface area contributed by atoms with E-state index >= 15 is 0 Å². The number of carbonyl (C=O) groups is 1. The Morgan fingerprint density at radius 3 is 1.92 bits per heavy atom. The molecule has 0 unspecified atom stereocenters. The largest absolute Gasteiger partial charge is 0.419 e. The number of hydrogen-bond donors (Lipinski definition) is 0. The van der Waals surface area contributed by atoms with Crippen LogP contribution >= 0.6 is 0 Å². The average Bonchev–Trinajstić information content (AvgIpc) is 2.82. The summed E-state index contributed by atoms with van der Waals surface area (Å²) >= 11 is 0. The predicted molar refractivity (Wildman–Crippen MR) is 137 cm³/mol. The minimum Gasteiger partial charge on any atom is -0.362 e. The van der Waals surface area contributed by atoms with Gasteiger partial charge in [-0.3, -0.25) is 4.79 Å². The van der Waals surface area contributed by atoms with Crippen molar-refractivity contribution in [1.29, 1.82) is 0 Å². The van der Waals surface area contributed by atoms with E-state index in [-0.39, 0.29) is 0 Å². The van der Waals surface area contributed by atoms with Crippen molar-refractivity contribution in [1.82, 2.24) is 9.97 Å². The van der Waals surface area contributed by atoms with Crippen LogP contribution in [0.2, 0.25) is 0 Å². The zero-order valence-corrected chi connectivity index (χ0v) is 22.1. The van der Waals surface area contributed by atoms with Crippen molar-refractivity contribution < 1.29 is 26.7 Å². The highest BCUT2D eigenvalue weighted by molar-refractivity contribution is 5.94. The predicted octanol–water partition coefficient (Wildman–Crippen LogP) is 8.02. The summed E-state index contributed by atoms with van der Waals surface area (Å²) in [5, 5.41) is 1.10. The van der Waals surface area contributed by atoms with Crippen LogP contribution in [-0.4, -0.2) is 29.8 Å². The number of anilines is 1. The molecule has 4 rings (SSSR count). The molecule has 0 amide bonds. The molecule has 3 aromatic rings. The molecule has 1 aromatic heterocycles. The average molecular weight is 524 g/mol. The summed E-state index contributed by atoms with van der Waals surface area (Å²) in [6, 6.07) is 9.02. The Labute approximate surface area is 214 Å². The summed E-state index contributed by atoms with van der Waals surface area (Å²) in [6.07, 6.45) is 0.922. The lowest BCUT2D eigenvalue weighted by Crippen LogP contribution is -2.12. The number of Topliss-reactive ketones (excluding diaryl/α,β-unsaturated/α-hetero) is 1. The van der Waals surface area contributed by atoms with Gasteiger partial charge in [-0.2, -0.15) is 13.2 Å². The smallest absolute Gasteiger partial charge is 0.362 e. The number of aromatic nitrogens is 2. The molecule has 0 N–H and O–H groups in total. The molecule has 2 aromatic carbocycles. The Balaban J connectivity index is 0.000000204. The minimum atomic E-state index is -4.97. The van der Waals surface area contributed by atoms with Crippen LogP contribution in [0.25, 0.3) is 10.9 Å². The highest BCUT2D eigenvalue weighted by Crippen LogP contribution is 2.33.